The molecule has 0 atom stereocenters. The fourth-order valence-corrected chi connectivity index (χ4v) is 2.34. The topological polar surface area (TPSA) is 108 Å². The summed E-state index contributed by atoms with van der Waals surface area (Å²) < 4.78 is 9.74. The third-order valence-electron chi connectivity index (χ3n) is 3.08. The van der Waals surface area contributed by atoms with Gasteiger partial charge in [0.05, 0.1) is 21.2 Å². The van der Waals surface area contributed by atoms with Crippen molar-refractivity contribution in [2.75, 3.05) is 19.0 Å². The Bertz CT molecular complexity index is 872. The summed E-state index contributed by atoms with van der Waals surface area (Å²) in [6.07, 6.45) is 0. The van der Waals surface area contributed by atoms with Gasteiger partial charge < -0.3 is 14.8 Å². The molecule has 2 rings (SSSR count). The second-order valence-electron chi connectivity index (χ2n) is 4.92. The summed E-state index contributed by atoms with van der Waals surface area (Å²) in [4.78, 5) is 34.2. The van der Waals surface area contributed by atoms with E-state index in [1.807, 2.05) is 0 Å². The third kappa shape index (κ3) is 4.92. The Morgan fingerprint density at radius 2 is 1.92 bits per heavy atom. The van der Waals surface area contributed by atoms with Crippen LogP contribution in [0.3, 0.4) is 0 Å². The molecule has 0 aliphatic carbocycles. The summed E-state index contributed by atoms with van der Waals surface area (Å²) in [5.74, 6) is -1.38. The van der Waals surface area contributed by atoms with Crippen molar-refractivity contribution in [1.82, 2.24) is 0 Å². The van der Waals surface area contributed by atoms with Crippen LogP contribution in [0.25, 0.3) is 0 Å². The van der Waals surface area contributed by atoms with Crippen LogP contribution in [0.15, 0.2) is 36.4 Å². The maximum absolute atomic E-state index is 12.5. The Morgan fingerprint density at radius 3 is 2.54 bits per heavy atom. The van der Waals surface area contributed by atoms with Crippen LogP contribution in [-0.2, 0) is 9.53 Å². The molecular weight excluding hydrogens is 387 g/mol. The highest BCUT2D eigenvalue weighted by Crippen LogP contribution is 2.29. The van der Waals surface area contributed by atoms with E-state index in [0.717, 1.165) is 6.07 Å². The predicted octanol–water partition coefficient (Wildman–Crippen LogP) is 3.71. The zero-order valence-electron chi connectivity index (χ0n) is 13.3. The molecule has 2 aromatic rings. The van der Waals surface area contributed by atoms with Crippen LogP contribution >= 0.6 is 23.2 Å². The summed E-state index contributed by atoms with van der Waals surface area (Å²) >= 11 is 11.9. The fourth-order valence-electron chi connectivity index (χ4n) is 1.95. The number of rotatable bonds is 6. The number of anilines is 1. The molecule has 0 aromatic heterocycles. The number of carbonyl (C=O) groups is 2. The van der Waals surface area contributed by atoms with Crippen LogP contribution < -0.4 is 10.1 Å². The minimum Gasteiger partial charge on any atom is -0.424 e. The number of amides is 1. The van der Waals surface area contributed by atoms with Crippen molar-refractivity contribution >= 4 is 46.5 Å². The van der Waals surface area contributed by atoms with E-state index in [4.69, 9.17) is 27.9 Å². The molecule has 0 fully saturated rings. The van der Waals surface area contributed by atoms with Crippen LogP contribution in [-0.4, -0.2) is 30.5 Å². The molecule has 0 bridgehead atoms. The molecule has 0 aliphatic heterocycles. The molecule has 10 heteroatoms. The zero-order valence-corrected chi connectivity index (χ0v) is 14.8. The van der Waals surface area contributed by atoms with E-state index in [1.54, 1.807) is 0 Å². The Morgan fingerprint density at radius 1 is 1.19 bits per heavy atom. The summed E-state index contributed by atoms with van der Waals surface area (Å²) in [5.41, 5.74) is -0.0854. The quantitative estimate of drug-likeness (QED) is 0.344. The second kappa shape index (κ2) is 8.61. The number of benzene rings is 2. The van der Waals surface area contributed by atoms with Crippen molar-refractivity contribution in [2.24, 2.45) is 0 Å². The molecule has 8 nitrogen and oxygen atoms in total. The summed E-state index contributed by atoms with van der Waals surface area (Å²) in [6, 6.07) is 7.72. The Labute approximate surface area is 157 Å². The smallest absolute Gasteiger partial charge is 0.337 e. The minimum atomic E-state index is -0.697. The highest BCUT2D eigenvalue weighted by molar-refractivity contribution is 6.34. The van der Waals surface area contributed by atoms with E-state index >= 15 is 0 Å². The summed E-state index contributed by atoms with van der Waals surface area (Å²) in [5, 5.41) is 13.4. The fraction of sp³-hybridized carbons (Fsp3) is 0.125. The van der Waals surface area contributed by atoms with E-state index in [2.05, 4.69) is 10.1 Å². The van der Waals surface area contributed by atoms with Crippen molar-refractivity contribution in [3.8, 4) is 5.75 Å². The molecule has 136 valence electrons. The number of esters is 1. The van der Waals surface area contributed by atoms with Gasteiger partial charge in [-0.25, -0.2) is 4.79 Å². The average molecular weight is 399 g/mol. The minimum absolute atomic E-state index is 0.0172. The summed E-state index contributed by atoms with van der Waals surface area (Å²) in [6.45, 7) is -0.294. The van der Waals surface area contributed by atoms with E-state index < -0.39 is 16.8 Å². The van der Waals surface area contributed by atoms with Gasteiger partial charge in [-0.2, -0.15) is 0 Å². The standard InChI is InChI=1S/C16H12Cl2N2O6/c1-25-8-15(21)26-14-5-2-9(17)6-11(14)16(22)19-13-4-3-10(20(23)24)7-12(13)18/h2-7H,8H2,1H3,(H,19,22). The molecule has 1 N–H and O–H groups in total. The first kappa shape index (κ1) is 19.6. The number of non-ortho nitro benzene ring substituents is 1. The lowest BCUT2D eigenvalue weighted by Gasteiger charge is -2.11. The van der Waals surface area contributed by atoms with Gasteiger partial charge >= 0.3 is 5.97 Å². The lowest BCUT2D eigenvalue weighted by Crippen LogP contribution is -2.18. The SMILES string of the molecule is COCC(=O)Oc1ccc(Cl)cc1C(=O)Nc1ccc([N+](=O)[O-])cc1Cl. The Hall–Kier alpha value is -2.68. The summed E-state index contributed by atoms with van der Waals surface area (Å²) in [7, 11) is 1.33. The molecule has 26 heavy (non-hydrogen) atoms. The highest BCUT2D eigenvalue weighted by Gasteiger charge is 2.18. The molecule has 2 aromatic carbocycles. The molecule has 0 saturated carbocycles. The van der Waals surface area contributed by atoms with E-state index in [-0.39, 0.29) is 39.3 Å². The van der Waals surface area contributed by atoms with Crippen molar-refractivity contribution in [3.05, 3.63) is 62.1 Å². The van der Waals surface area contributed by atoms with E-state index in [0.29, 0.717) is 0 Å². The van der Waals surface area contributed by atoms with Gasteiger partial charge in [-0.15, -0.1) is 0 Å². The maximum Gasteiger partial charge on any atom is 0.337 e. The maximum atomic E-state index is 12.5. The number of carbonyl (C=O) groups excluding carboxylic acids is 2. The monoisotopic (exact) mass is 398 g/mol. The molecule has 1 amide bonds. The highest BCUT2D eigenvalue weighted by atomic mass is 35.5. The third-order valence-corrected chi connectivity index (χ3v) is 3.63. The lowest BCUT2D eigenvalue weighted by atomic mass is 10.1. The molecule has 0 unspecified atom stereocenters. The van der Waals surface area contributed by atoms with Crippen LogP contribution in [0.1, 0.15) is 10.4 Å². The number of nitrogens with zero attached hydrogens (tertiary/aromatic N) is 1. The van der Waals surface area contributed by atoms with E-state index in [1.165, 1.54) is 37.4 Å². The Balaban J connectivity index is 2.27. The van der Waals surface area contributed by atoms with Crippen LogP contribution in [0, 0.1) is 10.1 Å². The van der Waals surface area contributed by atoms with Gasteiger partial charge in [0.25, 0.3) is 11.6 Å². The van der Waals surface area contributed by atoms with Crippen molar-refractivity contribution < 1.29 is 24.0 Å². The van der Waals surface area contributed by atoms with Gasteiger partial charge in [-0.1, -0.05) is 23.2 Å². The normalized spacial score (nSPS) is 10.3. The number of halogens is 2. The molecule has 0 aliphatic rings. The number of nitro groups is 1. The largest absolute Gasteiger partial charge is 0.424 e. The first-order valence-electron chi connectivity index (χ1n) is 7.06. The molecule has 0 heterocycles. The van der Waals surface area contributed by atoms with Crippen LogP contribution in [0.4, 0.5) is 11.4 Å². The molecule has 0 saturated heterocycles. The van der Waals surface area contributed by atoms with Gasteiger partial charge in [-0.3, -0.25) is 14.9 Å². The van der Waals surface area contributed by atoms with Crippen molar-refractivity contribution in [2.45, 2.75) is 0 Å². The van der Waals surface area contributed by atoms with Crippen LogP contribution in [0.5, 0.6) is 5.75 Å². The second-order valence-corrected chi connectivity index (χ2v) is 5.77. The lowest BCUT2D eigenvalue weighted by molar-refractivity contribution is -0.384. The average Bonchev–Trinajstić information content (AvgIpc) is 2.58. The van der Waals surface area contributed by atoms with Crippen molar-refractivity contribution in [3.63, 3.8) is 0 Å². The van der Waals surface area contributed by atoms with Gasteiger partial charge in [-0.05, 0) is 24.3 Å². The number of nitrogens with one attached hydrogen (secondary N) is 1. The number of hydrogen-bond donors (Lipinski definition) is 1. The zero-order chi connectivity index (χ0) is 19.3. The molecular formula is C16H12Cl2N2O6. The first-order chi connectivity index (χ1) is 12.3. The Kier molecular flexibility index (Phi) is 6.51. The number of ether oxygens (including phenoxy) is 2. The number of methoxy groups -OCH3 is 1. The van der Waals surface area contributed by atoms with Crippen molar-refractivity contribution in [1.29, 1.82) is 0 Å². The first-order valence-corrected chi connectivity index (χ1v) is 7.82. The van der Waals surface area contributed by atoms with Gasteiger partial charge in [0.15, 0.2) is 0 Å². The van der Waals surface area contributed by atoms with E-state index in [9.17, 15) is 19.7 Å². The van der Waals surface area contributed by atoms with Gasteiger partial charge in [0.2, 0.25) is 0 Å². The molecule has 0 radical (unpaired) electrons. The number of hydrogen-bond acceptors (Lipinski definition) is 6. The number of nitro benzene ring substituents is 1. The van der Waals surface area contributed by atoms with Crippen LogP contribution in [0.2, 0.25) is 10.0 Å². The van der Waals surface area contributed by atoms with Gasteiger partial charge in [0.1, 0.15) is 12.4 Å². The predicted molar refractivity (Wildman–Crippen MR) is 95.0 cm³/mol. The van der Waals surface area contributed by atoms with Gasteiger partial charge in [0, 0.05) is 24.3 Å². The molecule has 0 spiro atoms.